The topological polar surface area (TPSA) is 73.8 Å². The van der Waals surface area contributed by atoms with Crippen molar-refractivity contribution >= 4 is 11.8 Å². The molecule has 0 aliphatic heterocycles. The average Bonchev–Trinajstić information content (AvgIpc) is 2.35. The summed E-state index contributed by atoms with van der Waals surface area (Å²) in [5, 5.41) is 8.43. The first-order valence-electron chi connectivity index (χ1n) is 5.64. The summed E-state index contributed by atoms with van der Waals surface area (Å²) in [5.41, 5.74) is 0.209. The Kier molecular flexibility index (Phi) is 5.21. The lowest BCUT2D eigenvalue weighted by Gasteiger charge is -2.12. The standard InChI is InChI=1S/C11H18N4OS/c1-4-7-17-11-14-13-9(8(5-2)6-3)10(16)15(11)12/h4,8H,1,5-7,12H2,2-3H3. The first-order valence-corrected chi connectivity index (χ1v) is 6.62. The Hall–Kier alpha value is -1.30. The van der Waals surface area contributed by atoms with Crippen LogP contribution in [0.1, 0.15) is 38.3 Å². The van der Waals surface area contributed by atoms with Crippen LogP contribution in [0.15, 0.2) is 22.6 Å². The normalized spacial score (nSPS) is 10.8. The molecule has 0 saturated carbocycles. The van der Waals surface area contributed by atoms with Gasteiger partial charge in [0.2, 0.25) is 5.16 Å². The van der Waals surface area contributed by atoms with E-state index in [0.717, 1.165) is 17.5 Å². The van der Waals surface area contributed by atoms with Crippen molar-refractivity contribution in [3.8, 4) is 0 Å². The second-order valence-corrected chi connectivity index (χ2v) is 4.64. The van der Waals surface area contributed by atoms with Crippen LogP contribution in [-0.2, 0) is 0 Å². The molecule has 2 N–H and O–H groups in total. The van der Waals surface area contributed by atoms with Crippen LogP contribution >= 0.6 is 11.8 Å². The molecule has 1 heterocycles. The number of nitrogen functional groups attached to an aromatic ring is 1. The molecule has 0 radical (unpaired) electrons. The summed E-state index contributed by atoms with van der Waals surface area (Å²) >= 11 is 1.34. The maximum absolute atomic E-state index is 12.0. The van der Waals surface area contributed by atoms with Gasteiger partial charge >= 0.3 is 0 Å². The lowest BCUT2D eigenvalue weighted by Crippen LogP contribution is -2.34. The summed E-state index contributed by atoms with van der Waals surface area (Å²) in [6, 6.07) is 0. The van der Waals surface area contributed by atoms with Crippen LogP contribution in [-0.4, -0.2) is 20.6 Å². The predicted molar refractivity (Wildman–Crippen MR) is 70.7 cm³/mol. The van der Waals surface area contributed by atoms with Crippen molar-refractivity contribution in [3.63, 3.8) is 0 Å². The molecule has 0 fully saturated rings. The lowest BCUT2D eigenvalue weighted by atomic mass is 10.0. The van der Waals surface area contributed by atoms with Crippen LogP contribution in [0, 0.1) is 0 Å². The van der Waals surface area contributed by atoms with Gasteiger partial charge in [0.15, 0.2) is 0 Å². The minimum Gasteiger partial charge on any atom is -0.334 e. The molecule has 0 spiro atoms. The quantitative estimate of drug-likeness (QED) is 0.473. The van der Waals surface area contributed by atoms with E-state index in [4.69, 9.17) is 5.84 Å². The molecule has 0 aliphatic rings. The van der Waals surface area contributed by atoms with Crippen molar-refractivity contribution in [2.45, 2.75) is 37.8 Å². The lowest BCUT2D eigenvalue weighted by molar-refractivity contribution is 0.566. The number of hydrogen-bond acceptors (Lipinski definition) is 5. The average molecular weight is 254 g/mol. The molecule has 17 heavy (non-hydrogen) atoms. The van der Waals surface area contributed by atoms with E-state index in [1.165, 1.54) is 11.8 Å². The Labute approximate surface area is 105 Å². The largest absolute Gasteiger partial charge is 0.334 e. The van der Waals surface area contributed by atoms with Crippen LogP contribution in [0.2, 0.25) is 0 Å². The Balaban J connectivity index is 3.09. The number of aromatic nitrogens is 3. The third kappa shape index (κ3) is 3.09. The van der Waals surface area contributed by atoms with E-state index >= 15 is 0 Å². The Morgan fingerprint density at radius 3 is 2.65 bits per heavy atom. The fraction of sp³-hybridized carbons (Fsp3) is 0.545. The summed E-state index contributed by atoms with van der Waals surface area (Å²) < 4.78 is 1.08. The minimum absolute atomic E-state index is 0.128. The van der Waals surface area contributed by atoms with Gasteiger partial charge in [-0.15, -0.1) is 16.8 Å². The molecule has 0 atom stereocenters. The second-order valence-electron chi connectivity index (χ2n) is 3.66. The zero-order valence-corrected chi connectivity index (χ0v) is 11.0. The molecule has 0 saturated heterocycles. The zero-order valence-electron chi connectivity index (χ0n) is 10.2. The van der Waals surface area contributed by atoms with Crippen LogP contribution in [0.3, 0.4) is 0 Å². The Morgan fingerprint density at radius 2 is 2.12 bits per heavy atom. The molecule has 1 rings (SSSR count). The van der Waals surface area contributed by atoms with Gasteiger partial charge in [0, 0.05) is 11.7 Å². The van der Waals surface area contributed by atoms with Crippen molar-refractivity contribution in [3.05, 3.63) is 28.7 Å². The monoisotopic (exact) mass is 254 g/mol. The second kappa shape index (κ2) is 6.44. The number of thioether (sulfide) groups is 1. The smallest absolute Gasteiger partial charge is 0.294 e. The van der Waals surface area contributed by atoms with E-state index in [2.05, 4.69) is 16.8 Å². The molecular weight excluding hydrogens is 236 g/mol. The van der Waals surface area contributed by atoms with E-state index in [1.807, 2.05) is 13.8 Å². The molecule has 1 aromatic heterocycles. The Bertz CT molecular complexity index is 440. The molecule has 0 bridgehead atoms. The molecule has 94 valence electrons. The van der Waals surface area contributed by atoms with Crippen molar-refractivity contribution < 1.29 is 0 Å². The van der Waals surface area contributed by atoms with Gasteiger partial charge in [0.25, 0.3) is 5.56 Å². The maximum atomic E-state index is 12.0. The van der Waals surface area contributed by atoms with Crippen LogP contribution in [0.25, 0.3) is 0 Å². The number of hydrogen-bond donors (Lipinski definition) is 1. The van der Waals surface area contributed by atoms with E-state index in [-0.39, 0.29) is 11.5 Å². The van der Waals surface area contributed by atoms with Gasteiger partial charge in [-0.2, -0.15) is 4.68 Å². The van der Waals surface area contributed by atoms with Crippen molar-refractivity contribution in [1.29, 1.82) is 0 Å². The summed E-state index contributed by atoms with van der Waals surface area (Å²) in [7, 11) is 0. The fourth-order valence-electron chi connectivity index (χ4n) is 1.56. The van der Waals surface area contributed by atoms with Crippen LogP contribution < -0.4 is 11.4 Å². The van der Waals surface area contributed by atoms with Gasteiger partial charge in [-0.25, -0.2) is 0 Å². The Morgan fingerprint density at radius 1 is 1.47 bits per heavy atom. The van der Waals surface area contributed by atoms with Gasteiger partial charge in [-0.1, -0.05) is 31.7 Å². The van der Waals surface area contributed by atoms with Gasteiger partial charge in [0.05, 0.1) is 0 Å². The summed E-state index contributed by atoms with van der Waals surface area (Å²) in [6.45, 7) is 7.65. The molecule has 0 unspecified atom stereocenters. The van der Waals surface area contributed by atoms with E-state index in [0.29, 0.717) is 16.6 Å². The van der Waals surface area contributed by atoms with Gasteiger partial charge < -0.3 is 5.84 Å². The van der Waals surface area contributed by atoms with Gasteiger partial charge in [-0.05, 0) is 12.8 Å². The van der Waals surface area contributed by atoms with Gasteiger partial charge in [-0.3, -0.25) is 4.79 Å². The van der Waals surface area contributed by atoms with Crippen molar-refractivity contribution in [2.75, 3.05) is 11.6 Å². The van der Waals surface area contributed by atoms with Crippen LogP contribution in [0.4, 0.5) is 0 Å². The third-order valence-corrected chi connectivity index (χ3v) is 3.53. The number of nitrogens with two attached hydrogens (primary N) is 1. The highest BCUT2D eigenvalue weighted by molar-refractivity contribution is 7.99. The SMILES string of the molecule is C=CCSc1nnc(C(CC)CC)c(=O)n1N. The maximum Gasteiger partial charge on any atom is 0.294 e. The van der Waals surface area contributed by atoms with E-state index < -0.39 is 0 Å². The van der Waals surface area contributed by atoms with Crippen molar-refractivity contribution in [2.24, 2.45) is 0 Å². The number of rotatable bonds is 6. The zero-order chi connectivity index (χ0) is 12.8. The minimum atomic E-state index is -0.250. The molecule has 1 aromatic rings. The highest BCUT2D eigenvalue weighted by Crippen LogP contribution is 2.18. The molecule has 5 nitrogen and oxygen atoms in total. The van der Waals surface area contributed by atoms with Crippen molar-refractivity contribution in [1.82, 2.24) is 14.9 Å². The highest BCUT2D eigenvalue weighted by atomic mass is 32.2. The fourth-order valence-corrected chi connectivity index (χ4v) is 2.15. The highest BCUT2D eigenvalue weighted by Gasteiger charge is 2.17. The predicted octanol–water partition coefficient (Wildman–Crippen LogP) is 1.53. The summed E-state index contributed by atoms with van der Waals surface area (Å²) in [6.07, 6.45) is 3.45. The van der Waals surface area contributed by atoms with Crippen LogP contribution in [0.5, 0.6) is 0 Å². The first kappa shape index (κ1) is 13.8. The summed E-state index contributed by atoms with van der Waals surface area (Å²) in [5.74, 6) is 6.49. The molecule has 0 amide bonds. The third-order valence-electron chi connectivity index (χ3n) is 2.59. The molecule has 0 aromatic carbocycles. The van der Waals surface area contributed by atoms with E-state index in [1.54, 1.807) is 6.08 Å². The number of nitrogens with zero attached hydrogens (tertiary/aromatic N) is 3. The molecule has 6 heteroatoms. The van der Waals surface area contributed by atoms with E-state index in [9.17, 15) is 4.79 Å². The summed E-state index contributed by atoms with van der Waals surface area (Å²) in [4.78, 5) is 12.0. The molecular formula is C11H18N4OS. The molecule has 0 aliphatic carbocycles. The first-order chi connectivity index (χ1) is 8.15. The van der Waals surface area contributed by atoms with Gasteiger partial charge in [0.1, 0.15) is 5.69 Å².